The van der Waals surface area contributed by atoms with Crippen LogP contribution in [0.2, 0.25) is 0 Å². The topological polar surface area (TPSA) is 74.8 Å². The number of hydrogen-bond acceptors (Lipinski definition) is 6. The molecule has 144 valence electrons. The summed E-state index contributed by atoms with van der Waals surface area (Å²) < 4.78 is 12.9. The zero-order chi connectivity index (χ0) is 19.3. The summed E-state index contributed by atoms with van der Waals surface area (Å²) >= 11 is 0. The minimum atomic E-state index is 0.0924. The Labute approximate surface area is 164 Å². The molecular formula is C21H23N5O2. The van der Waals surface area contributed by atoms with Crippen molar-refractivity contribution in [2.45, 2.75) is 6.04 Å². The summed E-state index contributed by atoms with van der Waals surface area (Å²) in [7, 11) is 1.70. The van der Waals surface area contributed by atoms with E-state index in [1.165, 1.54) is 0 Å². The van der Waals surface area contributed by atoms with Gasteiger partial charge in [-0.2, -0.15) is 10.4 Å². The van der Waals surface area contributed by atoms with E-state index in [0.717, 1.165) is 35.6 Å². The van der Waals surface area contributed by atoms with Crippen LogP contribution in [0.5, 0.6) is 5.75 Å². The predicted molar refractivity (Wildman–Crippen MR) is 107 cm³/mol. The number of morpholine rings is 1. The summed E-state index contributed by atoms with van der Waals surface area (Å²) in [6.07, 6.45) is 3.48. The maximum absolute atomic E-state index is 9.54. The average Bonchev–Trinajstić information content (AvgIpc) is 3.24. The van der Waals surface area contributed by atoms with Crippen molar-refractivity contribution in [1.82, 2.24) is 14.5 Å². The molecule has 0 bridgehead atoms. The molecule has 7 nitrogen and oxygen atoms in total. The molecule has 1 N–H and O–H groups in total. The molecule has 1 aliphatic rings. The Hall–Kier alpha value is -3.08. The van der Waals surface area contributed by atoms with Gasteiger partial charge in [0.2, 0.25) is 0 Å². The van der Waals surface area contributed by atoms with E-state index in [0.29, 0.717) is 25.3 Å². The number of aromatic nitrogens is 2. The van der Waals surface area contributed by atoms with Gasteiger partial charge in [-0.1, -0.05) is 18.2 Å². The van der Waals surface area contributed by atoms with Crippen molar-refractivity contribution in [3.8, 4) is 11.8 Å². The van der Waals surface area contributed by atoms with Gasteiger partial charge in [0.1, 0.15) is 11.8 Å². The lowest BCUT2D eigenvalue weighted by molar-refractivity contribution is 0.0183. The molecule has 1 aliphatic heterocycles. The maximum atomic E-state index is 9.54. The van der Waals surface area contributed by atoms with Crippen molar-refractivity contribution in [2.75, 3.05) is 45.3 Å². The van der Waals surface area contributed by atoms with E-state index in [1.54, 1.807) is 17.8 Å². The highest BCUT2D eigenvalue weighted by atomic mass is 16.5. The number of hydrogen-bond donors (Lipinski definition) is 1. The van der Waals surface area contributed by atoms with Crippen molar-refractivity contribution >= 4 is 11.2 Å². The molecule has 1 atom stereocenters. The lowest BCUT2D eigenvalue weighted by Crippen LogP contribution is -2.41. The fraction of sp³-hybridized carbons (Fsp3) is 0.333. The highest BCUT2D eigenvalue weighted by molar-refractivity contribution is 5.77. The van der Waals surface area contributed by atoms with E-state index < -0.39 is 0 Å². The number of methoxy groups -OCH3 is 1. The Morgan fingerprint density at radius 2 is 2.07 bits per heavy atom. The van der Waals surface area contributed by atoms with Gasteiger partial charge < -0.3 is 14.8 Å². The minimum Gasteiger partial charge on any atom is -0.496 e. The second-order valence-electron chi connectivity index (χ2n) is 6.67. The molecule has 3 aromatic rings. The van der Waals surface area contributed by atoms with Crippen molar-refractivity contribution in [3.05, 3.63) is 59.9 Å². The second-order valence-corrected chi connectivity index (χ2v) is 6.67. The second kappa shape index (κ2) is 8.30. The van der Waals surface area contributed by atoms with E-state index in [4.69, 9.17) is 9.47 Å². The highest BCUT2D eigenvalue weighted by Crippen LogP contribution is 2.31. The van der Waals surface area contributed by atoms with Gasteiger partial charge in [-0.3, -0.25) is 4.90 Å². The summed E-state index contributed by atoms with van der Waals surface area (Å²) in [4.78, 5) is 2.40. The molecular weight excluding hydrogens is 354 g/mol. The summed E-state index contributed by atoms with van der Waals surface area (Å²) in [5, 5.41) is 17.3. The van der Waals surface area contributed by atoms with Gasteiger partial charge in [-0.15, -0.1) is 0 Å². The van der Waals surface area contributed by atoms with Crippen molar-refractivity contribution in [2.24, 2.45) is 0 Å². The van der Waals surface area contributed by atoms with Crippen LogP contribution in [0.4, 0.5) is 5.69 Å². The highest BCUT2D eigenvalue weighted by Gasteiger charge is 2.25. The first-order chi connectivity index (χ1) is 13.8. The number of para-hydroxylation sites is 1. The Bertz CT molecular complexity index is 988. The number of ether oxygens (including phenoxy) is 2. The largest absolute Gasteiger partial charge is 0.496 e. The Balaban J connectivity index is 1.67. The molecule has 1 unspecified atom stereocenters. The monoisotopic (exact) mass is 377 g/mol. The summed E-state index contributed by atoms with van der Waals surface area (Å²) in [5.41, 5.74) is 3.35. The SMILES string of the molecule is COc1ccccc1C(CNc1c(C#N)cnn2cccc12)N1CCOCC1. The maximum Gasteiger partial charge on any atom is 0.123 e. The number of anilines is 1. The number of fused-ring (bicyclic) bond motifs is 1. The fourth-order valence-corrected chi connectivity index (χ4v) is 3.73. The van der Waals surface area contributed by atoms with Gasteiger partial charge in [0.05, 0.1) is 49.3 Å². The van der Waals surface area contributed by atoms with Gasteiger partial charge >= 0.3 is 0 Å². The predicted octanol–water partition coefficient (Wildman–Crippen LogP) is 2.70. The lowest BCUT2D eigenvalue weighted by Gasteiger charge is -2.35. The molecule has 3 heterocycles. The molecule has 1 saturated heterocycles. The third-order valence-corrected chi connectivity index (χ3v) is 5.14. The van der Waals surface area contributed by atoms with Crippen molar-refractivity contribution in [1.29, 1.82) is 5.26 Å². The van der Waals surface area contributed by atoms with E-state index in [1.807, 2.05) is 36.5 Å². The molecule has 2 aromatic heterocycles. The number of benzene rings is 1. The molecule has 0 aliphatic carbocycles. The minimum absolute atomic E-state index is 0.0924. The molecule has 0 saturated carbocycles. The molecule has 1 fully saturated rings. The molecule has 28 heavy (non-hydrogen) atoms. The van der Waals surface area contributed by atoms with Gasteiger partial charge in [0, 0.05) is 31.4 Å². The molecule has 0 spiro atoms. The summed E-state index contributed by atoms with van der Waals surface area (Å²) in [5.74, 6) is 0.865. The number of nitrogens with zero attached hydrogens (tertiary/aromatic N) is 4. The molecule has 4 rings (SSSR count). The van der Waals surface area contributed by atoms with E-state index in [-0.39, 0.29) is 6.04 Å². The number of nitrogens with one attached hydrogen (secondary N) is 1. The normalized spacial score (nSPS) is 15.9. The zero-order valence-corrected chi connectivity index (χ0v) is 15.8. The summed E-state index contributed by atoms with van der Waals surface area (Å²) in [6, 6.07) is 14.3. The average molecular weight is 377 g/mol. The van der Waals surface area contributed by atoms with E-state index >= 15 is 0 Å². The standard InChI is InChI=1S/C21H23N5O2/c1-27-20-7-3-2-5-17(20)19(25-9-11-28-12-10-25)15-23-21-16(13-22)14-24-26-8-4-6-18(21)26/h2-8,14,19,23H,9-12,15H2,1H3. The molecule has 7 heteroatoms. The lowest BCUT2D eigenvalue weighted by atomic mass is 10.0. The smallest absolute Gasteiger partial charge is 0.123 e. The van der Waals surface area contributed by atoms with Gasteiger partial charge in [-0.05, 0) is 18.2 Å². The third-order valence-electron chi connectivity index (χ3n) is 5.14. The van der Waals surface area contributed by atoms with Crippen LogP contribution in [0, 0.1) is 11.3 Å². The van der Waals surface area contributed by atoms with Crippen LogP contribution in [0.3, 0.4) is 0 Å². The molecule has 0 radical (unpaired) electrons. The Morgan fingerprint density at radius 1 is 1.25 bits per heavy atom. The van der Waals surface area contributed by atoms with Crippen LogP contribution in [0.15, 0.2) is 48.8 Å². The Kier molecular flexibility index (Phi) is 5.42. The quantitative estimate of drug-likeness (QED) is 0.712. The third kappa shape index (κ3) is 3.52. The first kappa shape index (κ1) is 18.3. The van der Waals surface area contributed by atoms with Crippen LogP contribution >= 0.6 is 0 Å². The van der Waals surface area contributed by atoms with Crippen LogP contribution < -0.4 is 10.1 Å². The van der Waals surface area contributed by atoms with Crippen LogP contribution in [-0.4, -0.2) is 54.5 Å². The van der Waals surface area contributed by atoms with E-state index in [9.17, 15) is 5.26 Å². The number of nitriles is 1. The molecule has 1 aromatic carbocycles. The van der Waals surface area contributed by atoms with E-state index in [2.05, 4.69) is 27.5 Å². The first-order valence-corrected chi connectivity index (χ1v) is 9.37. The molecule has 0 amide bonds. The number of rotatable bonds is 6. The van der Waals surface area contributed by atoms with Gasteiger partial charge in [-0.25, -0.2) is 4.52 Å². The van der Waals surface area contributed by atoms with Crippen LogP contribution in [-0.2, 0) is 4.74 Å². The van der Waals surface area contributed by atoms with Gasteiger partial charge in [0.25, 0.3) is 0 Å². The zero-order valence-electron chi connectivity index (χ0n) is 15.8. The van der Waals surface area contributed by atoms with Crippen LogP contribution in [0.1, 0.15) is 17.2 Å². The van der Waals surface area contributed by atoms with Gasteiger partial charge in [0.15, 0.2) is 0 Å². The van der Waals surface area contributed by atoms with Crippen LogP contribution in [0.25, 0.3) is 5.52 Å². The fourth-order valence-electron chi connectivity index (χ4n) is 3.73. The Morgan fingerprint density at radius 3 is 2.86 bits per heavy atom. The van der Waals surface area contributed by atoms with Crippen molar-refractivity contribution in [3.63, 3.8) is 0 Å². The summed E-state index contributed by atoms with van der Waals surface area (Å²) in [6.45, 7) is 3.78. The van der Waals surface area contributed by atoms with Crippen molar-refractivity contribution < 1.29 is 9.47 Å². The first-order valence-electron chi connectivity index (χ1n) is 9.37.